The Morgan fingerprint density at radius 1 is 1.05 bits per heavy atom. The van der Waals surface area contributed by atoms with Gasteiger partial charge < -0.3 is 0 Å². The summed E-state index contributed by atoms with van der Waals surface area (Å²) in [5.41, 5.74) is 3.65. The topological polar surface area (TPSA) is 51.6 Å². The normalized spacial score (nSPS) is 10.9. The van der Waals surface area contributed by atoms with Gasteiger partial charge >= 0.3 is 0 Å². The number of pyridine rings is 2. The average Bonchev–Trinajstić information content (AvgIpc) is 2.37. The quantitative estimate of drug-likeness (QED) is 0.657. The molecular formula is C14H11BrN4S. The highest BCUT2D eigenvalue weighted by atomic mass is 79.9. The second-order valence-electron chi connectivity index (χ2n) is 4.37. The molecule has 3 aromatic rings. The van der Waals surface area contributed by atoms with Crippen LogP contribution in [-0.2, 0) is 0 Å². The van der Waals surface area contributed by atoms with Crippen molar-refractivity contribution >= 4 is 38.7 Å². The Hall–Kier alpha value is -1.53. The van der Waals surface area contributed by atoms with E-state index in [9.17, 15) is 0 Å². The molecule has 3 aromatic heterocycles. The molecule has 3 rings (SSSR count). The van der Waals surface area contributed by atoms with Gasteiger partial charge in [-0.25, -0.2) is 9.97 Å². The van der Waals surface area contributed by atoms with Crippen molar-refractivity contribution in [2.45, 2.75) is 23.9 Å². The molecule has 0 N–H and O–H groups in total. The fourth-order valence-corrected chi connectivity index (χ4v) is 3.18. The molecular weight excluding hydrogens is 336 g/mol. The minimum atomic E-state index is 0.736. The molecule has 0 bridgehead atoms. The average molecular weight is 347 g/mol. The van der Waals surface area contributed by atoms with Crippen molar-refractivity contribution in [3.8, 4) is 0 Å². The van der Waals surface area contributed by atoms with Crippen LogP contribution in [0, 0.1) is 13.8 Å². The first kappa shape index (κ1) is 13.5. The molecule has 0 radical (unpaired) electrons. The molecule has 4 nitrogen and oxygen atoms in total. The van der Waals surface area contributed by atoms with Crippen LogP contribution in [0.2, 0.25) is 0 Å². The zero-order valence-electron chi connectivity index (χ0n) is 11.0. The van der Waals surface area contributed by atoms with Crippen LogP contribution >= 0.6 is 27.7 Å². The van der Waals surface area contributed by atoms with Crippen molar-refractivity contribution in [2.24, 2.45) is 0 Å². The number of fused-ring (bicyclic) bond motifs is 1. The predicted molar refractivity (Wildman–Crippen MR) is 82.9 cm³/mol. The van der Waals surface area contributed by atoms with Crippen molar-refractivity contribution in [1.29, 1.82) is 0 Å². The number of aryl methyl sites for hydroxylation is 2. The molecule has 100 valence electrons. The summed E-state index contributed by atoms with van der Waals surface area (Å²) in [6, 6.07) is 5.85. The van der Waals surface area contributed by atoms with Gasteiger partial charge in [-0.15, -0.1) is 0 Å². The Morgan fingerprint density at radius 2 is 1.80 bits per heavy atom. The fraction of sp³-hybridized carbons (Fsp3) is 0.143. The van der Waals surface area contributed by atoms with E-state index in [1.165, 1.54) is 11.8 Å². The largest absolute Gasteiger partial charge is 0.254 e. The van der Waals surface area contributed by atoms with E-state index in [1.54, 1.807) is 12.4 Å². The molecule has 0 amide bonds. The third-order valence-corrected chi connectivity index (χ3v) is 4.02. The van der Waals surface area contributed by atoms with Gasteiger partial charge in [0.2, 0.25) is 0 Å². The molecule has 0 atom stereocenters. The highest BCUT2D eigenvalue weighted by molar-refractivity contribution is 9.10. The Balaban J connectivity index is 2.06. The van der Waals surface area contributed by atoms with Gasteiger partial charge in [-0.3, -0.25) is 9.97 Å². The molecule has 0 saturated carbocycles. The lowest BCUT2D eigenvalue weighted by molar-refractivity contribution is 0.902. The van der Waals surface area contributed by atoms with Crippen LogP contribution in [-0.4, -0.2) is 19.9 Å². The zero-order chi connectivity index (χ0) is 14.1. The monoisotopic (exact) mass is 346 g/mol. The maximum absolute atomic E-state index is 4.45. The van der Waals surface area contributed by atoms with Crippen molar-refractivity contribution < 1.29 is 0 Å². The second kappa shape index (κ2) is 5.46. The first-order valence-electron chi connectivity index (χ1n) is 6.02. The summed E-state index contributed by atoms with van der Waals surface area (Å²) in [7, 11) is 0. The van der Waals surface area contributed by atoms with E-state index < -0.39 is 0 Å². The van der Waals surface area contributed by atoms with E-state index in [4.69, 9.17) is 0 Å². The van der Waals surface area contributed by atoms with E-state index in [2.05, 4.69) is 35.9 Å². The van der Waals surface area contributed by atoms with Gasteiger partial charge in [-0.2, -0.15) is 0 Å². The van der Waals surface area contributed by atoms with Gasteiger partial charge in [0, 0.05) is 33.1 Å². The summed E-state index contributed by atoms with van der Waals surface area (Å²) in [6.07, 6.45) is 3.55. The minimum absolute atomic E-state index is 0.736. The molecule has 0 aromatic carbocycles. The molecule has 6 heteroatoms. The van der Waals surface area contributed by atoms with Crippen LogP contribution in [0.25, 0.3) is 11.0 Å². The number of aromatic nitrogens is 4. The summed E-state index contributed by atoms with van der Waals surface area (Å²) in [5, 5.41) is 0.736. The highest BCUT2D eigenvalue weighted by Gasteiger charge is 2.08. The Morgan fingerprint density at radius 3 is 2.55 bits per heavy atom. The standard InChI is InChI=1S/C14H11BrN4S/c1-8-5-9(2)19-14(18-8)20-12-3-4-16-11-6-10(15)7-17-13(11)12/h3-7H,1-2H3. The summed E-state index contributed by atoms with van der Waals surface area (Å²) in [4.78, 5) is 18.7. The third-order valence-electron chi connectivity index (χ3n) is 2.67. The number of nitrogens with zero attached hydrogens (tertiary/aromatic N) is 4. The van der Waals surface area contributed by atoms with Crippen LogP contribution in [0.15, 0.2) is 45.1 Å². The smallest absolute Gasteiger partial charge is 0.192 e. The molecule has 3 heterocycles. The van der Waals surface area contributed by atoms with Gasteiger partial charge in [-0.05, 0) is 59.7 Å². The van der Waals surface area contributed by atoms with Gasteiger partial charge in [0.15, 0.2) is 5.16 Å². The Bertz CT molecular complexity index is 771. The number of halogens is 1. The van der Waals surface area contributed by atoms with E-state index in [0.29, 0.717) is 0 Å². The molecule has 20 heavy (non-hydrogen) atoms. The van der Waals surface area contributed by atoms with Gasteiger partial charge in [0.05, 0.1) is 5.52 Å². The van der Waals surface area contributed by atoms with Crippen LogP contribution in [0.3, 0.4) is 0 Å². The highest BCUT2D eigenvalue weighted by Crippen LogP contribution is 2.30. The predicted octanol–water partition coefficient (Wildman–Crippen LogP) is 3.95. The number of rotatable bonds is 2. The Labute approximate surface area is 129 Å². The lowest BCUT2D eigenvalue weighted by Crippen LogP contribution is -1.93. The van der Waals surface area contributed by atoms with Crippen molar-refractivity contribution in [3.63, 3.8) is 0 Å². The minimum Gasteiger partial charge on any atom is -0.254 e. The third kappa shape index (κ3) is 2.81. The van der Waals surface area contributed by atoms with Crippen molar-refractivity contribution in [3.05, 3.63) is 46.5 Å². The maximum atomic E-state index is 4.45. The van der Waals surface area contributed by atoms with E-state index >= 15 is 0 Å². The SMILES string of the molecule is Cc1cc(C)nc(Sc2ccnc3cc(Br)cnc23)n1. The molecule has 0 aliphatic rings. The van der Waals surface area contributed by atoms with Crippen molar-refractivity contribution in [1.82, 2.24) is 19.9 Å². The second-order valence-corrected chi connectivity index (χ2v) is 6.29. The first-order valence-corrected chi connectivity index (χ1v) is 7.63. The van der Waals surface area contributed by atoms with Gasteiger partial charge in [-0.1, -0.05) is 0 Å². The van der Waals surface area contributed by atoms with Gasteiger partial charge in [0.25, 0.3) is 0 Å². The van der Waals surface area contributed by atoms with Gasteiger partial charge in [0.1, 0.15) is 5.52 Å². The van der Waals surface area contributed by atoms with Crippen LogP contribution in [0.5, 0.6) is 0 Å². The molecule has 0 saturated heterocycles. The molecule has 0 spiro atoms. The van der Waals surface area contributed by atoms with Crippen molar-refractivity contribution in [2.75, 3.05) is 0 Å². The van der Waals surface area contributed by atoms with Crippen LogP contribution in [0.4, 0.5) is 0 Å². The molecule has 0 unspecified atom stereocenters. The zero-order valence-corrected chi connectivity index (χ0v) is 13.4. The van der Waals surface area contributed by atoms with E-state index in [-0.39, 0.29) is 0 Å². The fourth-order valence-electron chi connectivity index (χ4n) is 1.90. The van der Waals surface area contributed by atoms with E-state index in [0.717, 1.165) is 36.9 Å². The first-order chi connectivity index (χ1) is 9.61. The lowest BCUT2D eigenvalue weighted by atomic mass is 10.3. The molecule has 0 aliphatic carbocycles. The number of hydrogen-bond donors (Lipinski definition) is 0. The Kier molecular flexibility index (Phi) is 3.67. The molecule has 0 aliphatic heterocycles. The van der Waals surface area contributed by atoms with E-state index in [1.807, 2.05) is 32.0 Å². The molecule has 0 fully saturated rings. The van der Waals surface area contributed by atoms with Crippen LogP contribution in [0.1, 0.15) is 11.4 Å². The summed E-state index contributed by atoms with van der Waals surface area (Å²) >= 11 is 4.92. The summed E-state index contributed by atoms with van der Waals surface area (Å²) < 4.78 is 0.919. The van der Waals surface area contributed by atoms with Crippen LogP contribution < -0.4 is 0 Å². The summed E-state index contributed by atoms with van der Waals surface area (Å²) in [6.45, 7) is 3.94. The lowest BCUT2D eigenvalue weighted by Gasteiger charge is -2.05. The number of hydrogen-bond acceptors (Lipinski definition) is 5. The summed E-state index contributed by atoms with van der Waals surface area (Å²) in [5.74, 6) is 0. The maximum Gasteiger partial charge on any atom is 0.192 e.